The van der Waals surface area contributed by atoms with E-state index in [1.165, 1.54) is 0 Å². The summed E-state index contributed by atoms with van der Waals surface area (Å²) >= 11 is 1.58. The van der Waals surface area contributed by atoms with Crippen molar-refractivity contribution in [2.24, 2.45) is 5.73 Å². The molecule has 106 valence electrons. The molecule has 20 heavy (non-hydrogen) atoms. The zero-order valence-corrected chi connectivity index (χ0v) is 12.2. The average molecular weight is 290 g/mol. The van der Waals surface area contributed by atoms with Crippen molar-refractivity contribution in [1.82, 2.24) is 9.97 Å². The van der Waals surface area contributed by atoms with Gasteiger partial charge in [0.2, 0.25) is 5.91 Å². The van der Waals surface area contributed by atoms with Gasteiger partial charge in [-0.3, -0.25) is 9.78 Å². The lowest BCUT2D eigenvalue weighted by molar-refractivity contribution is -0.115. The summed E-state index contributed by atoms with van der Waals surface area (Å²) < 4.78 is 0. The van der Waals surface area contributed by atoms with E-state index in [1.54, 1.807) is 23.6 Å². The molecule has 0 radical (unpaired) electrons. The highest BCUT2D eigenvalue weighted by molar-refractivity contribution is 7.09. The molecule has 0 aliphatic carbocycles. The van der Waals surface area contributed by atoms with Crippen LogP contribution in [0.5, 0.6) is 0 Å². The number of aromatic nitrogens is 2. The van der Waals surface area contributed by atoms with Crippen LogP contribution in [0.1, 0.15) is 22.8 Å². The first-order chi connectivity index (χ1) is 9.67. The van der Waals surface area contributed by atoms with Crippen LogP contribution in [0.4, 0.5) is 5.69 Å². The van der Waals surface area contributed by atoms with Gasteiger partial charge in [-0.25, -0.2) is 4.98 Å². The standard InChI is InChI=1S/C14H18N4OS/c1-10-7-11(4-6-16-10)17-13(19)8-12-9-20-14(18-12)3-2-5-15/h4,6-7,9H,2-3,5,8,15H2,1H3,(H,16,17,19). The molecular formula is C14H18N4OS. The molecule has 0 bridgehead atoms. The summed E-state index contributed by atoms with van der Waals surface area (Å²) in [5.41, 5.74) is 7.92. The molecule has 0 saturated carbocycles. The van der Waals surface area contributed by atoms with Crippen LogP contribution in [0.2, 0.25) is 0 Å². The molecule has 3 N–H and O–H groups in total. The number of nitrogens with two attached hydrogens (primary N) is 1. The van der Waals surface area contributed by atoms with Crippen molar-refractivity contribution in [2.75, 3.05) is 11.9 Å². The Morgan fingerprint density at radius 3 is 3.10 bits per heavy atom. The number of hydrogen-bond acceptors (Lipinski definition) is 5. The van der Waals surface area contributed by atoms with Gasteiger partial charge in [0.15, 0.2) is 0 Å². The van der Waals surface area contributed by atoms with Crippen LogP contribution in [-0.4, -0.2) is 22.4 Å². The van der Waals surface area contributed by atoms with E-state index in [9.17, 15) is 4.79 Å². The third-order valence-electron chi connectivity index (χ3n) is 2.72. The molecular weight excluding hydrogens is 272 g/mol. The Morgan fingerprint density at radius 1 is 1.50 bits per heavy atom. The minimum Gasteiger partial charge on any atom is -0.330 e. The Kier molecular flexibility index (Phi) is 5.20. The highest BCUT2D eigenvalue weighted by atomic mass is 32.1. The molecule has 0 aromatic carbocycles. The fourth-order valence-electron chi connectivity index (χ4n) is 1.79. The second-order valence-corrected chi connectivity index (χ2v) is 5.48. The quantitative estimate of drug-likeness (QED) is 0.851. The molecule has 2 aromatic heterocycles. The summed E-state index contributed by atoms with van der Waals surface area (Å²) in [6, 6.07) is 3.62. The largest absolute Gasteiger partial charge is 0.330 e. The third-order valence-corrected chi connectivity index (χ3v) is 3.67. The molecule has 0 saturated heterocycles. The summed E-state index contributed by atoms with van der Waals surface area (Å²) in [5, 5.41) is 5.82. The summed E-state index contributed by atoms with van der Waals surface area (Å²) in [6.07, 6.45) is 3.78. The van der Waals surface area contributed by atoms with Crippen molar-refractivity contribution < 1.29 is 4.79 Å². The molecule has 0 aliphatic rings. The highest BCUT2D eigenvalue weighted by Gasteiger charge is 2.08. The van der Waals surface area contributed by atoms with E-state index in [0.717, 1.165) is 34.9 Å². The predicted octanol–water partition coefficient (Wildman–Crippen LogP) is 1.92. The van der Waals surface area contributed by atoms with Gasteiger partial charge >= 0.3 is 0 Å². The van der Waals surface area contributed by atoms with Gasteiger partial charge in [-0.15, -0.1) is 11.3 Å². The van der Waals surface area contributed by atoms with Crippen molar-refractivity contribution >= 4 is 22.9 Å². The minimum atomic E-state index is -0.0636. The lowest BCUT2D eigenvalue weighted by Gasteiger charge is -2.04. The summed E-state index contributed by atoms with van der Waals surface area (Å²) in [7, 11) is 0. The van der Waals surface area contributed by atoms with Gasteiger partial charge in [0.25, 0.3) is 0 Å². The van der Waals surface area contributed by atoms with E-state index in [0.29, 0.717) is 13.0 Å². The number of nitrogens with zero attached hydrogens (tertiary/aromatic N) is 2. The van der Waals surface area contributed by atoms with E-state index in [-0.39, 0.29) is 5.91 Å². The predicted molar refractivity (Wildman–Crippen MR) is 80.8 cm³/mol. The average Bonchev–Trinajstić information content (AvgIpc) is 2.83. The van der Waals surface area contributed by atoms with Crippen LogP contribution >= 0.6 is 11.3 Å². The molecule has 0 fully saturated rings. The summed E-state index contributed by atoms with van der Waals surface area (Å²) in [6.45, 7) is 2.55. The van der Waals surface area contributed by atoms with Crippen LogP contribution in [0.3, 0.4) is 0 Å². The third kappa shape index (κ3) is 4.40. The topological polar surface area (TPSA) is 80.9 Å². The van der Waals surface area contributed by atoms with E-state index >= 15 is 0 Å². The fourth-order valence-corrected chi connectivity index (χ4v) is 2.63. The Morgan fingerprint density at radius 2 is 2.35 bits per heavy atom. The molecule has 5 nitrogen and oxygen atoms in total. The van der Waals surface area contributed by atoms with Crippen LogP contribution in [-0.2, 0) is 17.6 Å². The van der Waals surface area contributed by atoms with Crippen molar-refractivity contribution in [2.45, 2.75) is 26.2 Å². The lowest BCUT2D eigenvalue weighted by atomic mass is 10.3. The molecule has 2 heterocycles. The molecule has 2 aromatic rings. The number of amides is 1. The van der Waals surface area contributed by atoms with Gasteiger partial charge in [-0.2, -0.15) is 0 Å². The number of pyridine rings is 1. The van der Waals surface area contributed by atoms with Gasteiger partial charge in [0.1, 0.15) is 0 Å². The Bertz CT molecular complexity index is 582. The van der Waals surface area contributed by atoms with Crippen LogP contribution in [0.15, 0.2) is 23.7 Å². The maximum Gasteiger partial charge on any atom is 0.230 e. The van der Waals surface area contributed by atoms with Gasteiger partial charge in [-0.05, 0) is 32.0 Å². The van der Waals surface area contributed by atoms with Crippen molar-refractivity contribution in [3.63, 3.8) is 0 Å². The lowest BCUT2D eigenvalue weighted by Crippen LogP contribution is -2.14. The van der Waals surface area contributed by atoms with Crippen molar-refractivity contribution in [1.29, 1.82) is 0 Å². The van der Waals surface area contributed by atoms with Gasteiger partial charge in [0.05, 0.1) is 17.1 Å². The van der Waals surface area contributed by atoms with Gasteiger partial charge in [0, 0.05) is 29.4 Å². The second-order valence-electron chi connectivity index (χ2n) is 4.54. The van der Waals surface area contributed by atoms with Crippen LogP contribution < -0.4 is 11.1 Å². The van der Waals surface area contributed by atoms with Gasteiger partial charge in [-0.1, -0.05) is 0 Å². The normalized spacial score (nSPS) is 10.5. The number of hydrogen-bond donors (Lipinski definition) is 2. The number of rotatable bonds is 6. The number of nitrogens with one attached hydrogen (secondary N) is 1. The number of carbonyl (C=O) groups is 1. The fraction of sp³-hybridized carbons (Fsp3) is 0.357. The highest BCUT2D eigenvalue weighted by Crippen LogP contribution is 2.13. The summed E-state index contributed by atoms with van der Waals surface area (Å²) in [5.74, 6) is -0.0636. The van der Waals surface area contributed by atoms with Crippen LogP contribution in [0.25, 0.3) is 0 Å². The van der Waals surface area contributed by atoms with Crippen molar-refractivity contribution in [3.8, 4) is 0 Å². The molecule has 1 amide bonds. The van der Waals surface area contributed by atoms with E-state index < -0.39 is 0 Å². The van der Waals surface area contributed by atoms with Crippen LogP contribution in [0, 0.1) is 6.92 Å². The number of aryl methyl sites for hydroxylation is 2. The second kappa shape index (κ2) is 7.12. The Labute approximate surface area is 122 Å². The molecule has 0 aliphatic heterocycles. The molecule has 2 rings (SSSR count). The Hall–Kier alpha value is -1.79. The van der Waals surface area contributed by atoms with E-state index in [4.69, 9.17) is 5.73 Å². The number of thiazole rings is 1. The zero-order valence-electron chi connectivity index (χ0n) is 11.4. The maximum absolute atomic E-state index is 11.9. The molecule has 0 atom stereocenters. The monoisotopic (exact) mass is 290 g/mol. The van der Waals surface area contributed by atoms with Crippen molar-refractivity contribution in [3.05, 3.63) is 40.1 Å². The maximum atomic E-state index is 11.9. The minimum absolute atomic E-state index is 0.0636. The molecule has 6 heteroatoms. The Balaban J connectivity index is 1.89. The van der Waals surface area contributed by atoms with E-state index in [1.807, 2.05) is 18.4 Å². The smallest absolute Gasteiger partial charge is 0.230 e. The summed E-state index contributed by atoms with van der Waals surface area (Å²) in [4.78, 5) is 20.5. The van der Waals surface area contributed by atoms with E-state index in [2.05, 4.69) is 15.3 Å². The van der Waals surface area contributed by atoms with Gasteiger partial charge < -0.3 is 11.1 Å². The number of carbonyl (C=O) groups excluding carboxylic acids is 1. The molecule has 0 unspecified atom stereocenters. The first-order valence-electron chi connectivity index (χ1n) is 6.53. The number of anilines is 1. The zero-order chi connectivity index (χ0) is 14.4. The first kappa shape index (κ1) is 14.6. The SMILES string of the molecule is Cc1cc(NC(=O)Cc2csc(CCCN)n2)ccn1. The first-order valence-corrected chi connectivity index (χ1v) is 7.41. The molecule has 0 spiro atoms.